The average molecular weight is 461 g/mol. The van der Waals surface area contributed by atoms with Crippen LogP contribution in [0.4, 0.5) is 0 Å². The fraction of sp³-hybridized carbons (Fsp3) is 1.00. The first kappa shape index (κ1) is 26.9. The molecule has 0 heterocycles. The molecular formula is C15H41O6PSi4. The van der Waals surface area contributed by atoms with Crippen molar-refractivity contribution in [1.29, 1.82) is 0 Å². The molecule has 0 aromatic rings. The molecule has 158 valence electrons. The predicted molar refractivity (Wildman–Crippen MR) is 120 cm³/mol. The van der Waals surface area contributed by atoms with Crippen LogP contribution in [0.5, 0.6) is 0 Å². The monoisotopic (exact) mass is 460 g/mol. The minimum Gasteiger partial charge on any atom is -0.415 e. The summed E-state index contributed by atoms with van der Waals surface area (Å²) in [4.78, 5) is 0. The Bertz CT molecular complexity index is 438. The van der Waals surface area contributed by atoms with E-state index in [0.29, 0.717) is 13.2 Å². The Morgan fingerprint density at radius 3 is 1.15 bits per heavy atom. The fourth-order valence-corrected chi connectivity index (χ4v) is 9.76. The number of phosphoric acid groups is 1. The van der Waals surface area contributed by atoms with Gasteiger partial charge in [0.05, 0.1) is 13.2 Å². The van der Waals surface area contributed by atoms with Gasteiger partial charge in [-0.1, -0.05) is 0 Å². The van der Waals surface area contributed by atoms with Crippen LogP contribution in [0.25, 0.3) is 0 Å². The summed E-state index contributed by atoms with van der Waals surface area (Å²) in [6, 6.07) is 0. The quantitative estimate of drug-likeness (QED) is 0.267. The van der Waals surface area contributed by atoms with Crippen LogP contribution in [0.1, 0.15) is 0 Å². The van der Waals surface area contributed by atoms with Crippen LogP contribution in [0.15, 0.2) is 0 Å². The lowest BCUT2D eigenvalue weighted by Gasteiger charge is -2.33. The largest absolute Gasteiger partial charge is 0.455 e. The van der Waals surface area contributed by atoms with Gasteiger partial charge >= 0.3 is 7.82 Å². The summed E-state index contributed by atoms with van der Waals surface area (Å²) in [5, 5.41) is 0. The molecule has 0 aliphatic rings. The highest BCUT2D eigenvalue weighted by Crippen LogP contribution is 2.55. The molecule has 0 fully saturated rings. The van der Waals surface area contributed by atoms with Crippen molar-refractivity contribution in [1.82, 2.24) is 0 Å². The molecular weight excluding hydrogens is 419 g/mol. The number of hydrogen-bond acceptors (Lipinski definition) is 6. The summed E-state index contributed by atoms with van der Waals surface area (Å²) in [6.07, 6.45) is -0.480. The summed E-state index contributed by atoms with van der Waals surface area (Å²) in [6.45, 7) is 25.2. The molecule has 11 heteroatoms. The molecule has 0 unspecified atom stereocenters. The van der Waals surface area contributed by atoms with E-state index in [2.05, 4.69) is 39.3 Å². The third-order valence-corrected chi connectivity index (χ3v) is 11.2. The van der Waals surface area contributed by atoms with Gasteiger partial charge in [0.15, 0.2) is 33.3 Å². The highest BCUT2D eigenvalue weighted by molar-refractivity contribution is 7.52. The zero-order valence-corrected chi connectivity index (χ0v) is 23.8. The number of rotatable bonds is 12. The van der Waals surface area contributed by atoms with Gasteiger partial charge in [-0.05, 0) is 78.6 Å². The molecule has 0 aromatic carbocycles. The Balaban J connectivity index is 5.39. The second-order valence-corrected chi connectivity index (χ2v) is 30.5. The molecule has 0 spiro atoms. The molecule has 0 amide bonds. The van der Waals surface area contributed by atoms with Crippen LogP contribution in [0.2, 0.25) is 78.6 Å². The van der Waals surface area contributed by atoms with Gasteiger partial charge in [0.1, 0.15) is 6.10 Å². The smallest absolute Gasteiger partial charge is 0.415 e. The van der Waals surface area contributed by atoms with Crippen LogP contribution in [0, 0.1) is 0 Å². The fourth-order valence-electron chi connectivity index (χ4n) is 1.71. The van der Waals surface area contributed by atoms with Crippen molar-refractivity contribution in [2.75, 3.05) is 13.2 Å². The number of hydrogen-bond donors (Lipinski definition) is 0. The Labute approximate surface area is 165 Å². The first-order chi connectivity index (χ1) is 11.2. The molecule has 0 saturated carbocycles. The van der Waals surface area contributed by atoms with E-state index >= 15 is 0 Å². The summed E-state index contributed by atoms with van der Waals surface area (Å²) in [5.41, 5.74) is 0. The molecule has 0 N–H and O–H groups in total. The van der Waals surface area contributed by atoms with E-state index in [4.69, 9.17) is 21.8 Å². The lowest BCUT2D eigenvalue weighted by atomic mass is 10.4. The Hall–Kier alpha value is 0.898. The van der Waals surface area contributed by atoms with Gasteiger partial charge in [0, 0.05) is 0 Å². The van der Waals surface area contributed by atoms with Crippen LogP contribution < -0.4 is 0 Å². The lowest BCUT2D eigenvalue weighted by molar-refractivity contribution is 0.0529. The summed E-state index contributed by atoms with van der Waals surface area (Å²) in [7, 11) is -11.4. The van der Waals surface area contributed by atoms with Gasteiger partial charge in [-0.25, -0.2) is 4.57 Å². The topological polar surface area (TPSA) is 63.2 Å². The van der Waals surface area contributed by atoms with Gasteiger partial charge in [0.2, 0.25) is 0 Å². The second kappa shape index (κ2) is 9.60. The Kier molecular flexibility index (Phi) is 9.93. The summed E-state index contributed by atoms with van der Waals surface area (Å²) in [5.74, 6) is 0. The maximum Gasteiger partial charge on any atom is 0.455 e. The van der Waals surface area contributed by atoms with Crippen LogP contribution >= 0.6 is 7.82 Å². The van der Waals surface area contributed by atoms with Gasteiger partial charge in [-0.3, -0.25) is 4.52 Å². The molecule has 0 bridgehead atoms. The highest BCUT2D eigenvalue weighted by atomic mass is 31.2. The van der Waals surface area contributed by atoms with Crippen molar-refractivity contribution in [3.8, 4) is 0 Å². The third kappa shape index (κ3) is 15.9. The zero-order valence-electron chi connectivity index (χ0n) is 18.9. The molecule has 0 aromatic heterocycles. The molecule has 0 atom stereocenters. The van der Waals surface area contributed by atoms with E-state index in [0.717, 1.165) is 0 Å². The molecule has 0 aliphatic heterocycles. The first-order valence-electron chi connectivity index (χ1n) is 9.18. The van der Waals surface area contributed by atoms with Crippen molar-refractivity contribution in [2.45, 2.75) is 84.7 Å². The van der Waals surface area contributed by atoms with E-state index in [-0.39, 0.29) is 0 Å². The second-order valence-electron chi connectivity index (χ2n) is 10.4. The normalized spacial score (nSPS) is 15.0. The third-order valence-electron chi connectivity index (χ3n) is 2.45. The molecule has 6 nitrogen and oxygen atoms in total. The van der Waals surface area contributed by atoms with Crippen LogP contribution in [-0.4, -0.2) is 52.6 Å². The standard InChI is InChI=1S/C15H41O6PSi4/c1-23(2,3)17-13-15(14-18-24(4,5)6)19-22(16,20-25(7,8)9)21-26(10,11)12/h15H,13-14H2,1-12H3. The maximum atomic E-state index is 13.4. The average Bonchev–Trinajstić information content (AvgIpc) is 2.25. The van der Waals surface area contributed by atoms with Gasteiger partial charge in [-0.2, -0.15) is 0 Å². The Morgan fingerprint density at radius 2 is 0.923 bits per heavy atom. The van der Waals surface area contributed by atoms with Crippen molar-refractivity contribution < 1.29 is 26.4 Å². The van der Waals surface area contributed by atoms with E-state index in [1.54, 1.807) is 0 Å². The van der Waals surface area contributed by atoms with E-state index in [1.807, 2.05) is 39.3 Å². The van der Waals surface area contributed by atoms with Crippen molar-refractivity contribution in [3.63, 3.8) is 0 Å². The Morgan fingerprint density at radius 1 is 0.615 bits per heavy atom. The minimum atomic E-state index is -3.69. The predicted octanol–water partition coefficient (Wildman–Crippen LogP) is 5.89. The summed E-state index contributed by atoms with van der Waals surface area (Å²) >= 11 is 0. The highest BCUT2D eigenvalue weighted by Gasteiger charge is 2.40. The van der Waals surface area contributed by atoms with E-state index in [1.165, 1.54) is 0 Å². The van der Waals surface area contributed by atoms with Crippen molar-refractivity contribution >= 4 is 41.1 Å². The van der Waals surface area contributed by atoms with E-state index < -0.39 is 47.2 Å². The first-order valence-corrected chi connectivity index (χ1v) is 24.3. The van der Waals surface area contributed by atoms with Crippen LogP contribution in [0.3, 0.4) is 0 Å². The summed E-state index contributed by atoms with van der Waals surface area (Å²) < 4.78 is 43.2. The van der Waals surface area contributed by atoms with Gasteiger partial charge < -0.3 is 17.3 Å². The zero-order chi connectivity index (χ0) is 21.0. The lowest BCUT2D eigenvalue weighted by Crippen LogP contribution is -2.38. The SMILES string of the molecule is C[Si](C)(C)OCC(CO[Si](C)(C)C)OP(=O)(O[Si](C)(C)C)O[Si](C)(C)C. The van der Waals surface area contributed by atoms with Crippen molar-refractivity contribution in [2.24, 2.45) is 0 Å². The molecule has 0 rings (SSSR count). The van der Waals surface area contributed by atoms with Crippen molar-refractivity contribution in [3.05, 3.63) is 0 Å². The molecule has 0 saturated heterocycles. The van der Waals surface area contributed by atoms with E-state index in [9.17, 15) is 4.57 Å². The van der Waals surface area contributed by atoms with Gasteiger partial charge in [-0.15, -0.1) is 0 Å². The maximum absolute atomic E-state index is 13.4. The molecule has 0 aliphatic carbocycles. The minimum absolute atomic E-state index is 0.328. The van der Waals surface area contributed by atoms with Gasteiger partial charge in [0.25, 0.3) is 0 Å². The molecule has 26 heavy (non-hydrogen) atoms. The molecule has 0 radical (unpaired) electrons. The van der Waals surface area contributed by atoms with Crippen LogP contribution in [-0.2, 0) is 26.4 Å².